The average molecular weight is 454 g/mol. The summed E-state index contributed by atoms with van der Waals surface area (Å²) in [4.78, 5) is 13.2. The molecule has 158 valence electrons. The van der Waals surface area contributed by atoms with Crippen LogP contribution in [0.4, 0.5) is 0 Å². The van der Waals surface area contributed by atoms with Crippen LogP contribution >= 0.6 is 23.2 Å². The molecule has 1 aliphatic rings. The molecule has 0 saturated carbocycles. The normalized spacial score (nSPS) is 14.2. The lowest BCUT2D eigenvalue weighted by Gasteiger charge is -2.26. The molecule has 0 unspecified atom stereocenters. The third kappa shape index (κ3) is 4.59. The highest BCUT2D eigenvalue weighted by Crippen LogP contribution is 2.33. The van der Waals surface area contributed by atoms with Gasteiger partial charge in [0.2, 0.25) is 0 Å². The summed E-state index contributed by atoms with van der Waals surface area (Å²) in [5, 5.41) is 17.2. The fourth-order valence-electron chi connectivity index (χ4n) is 3.78. The first-order chi connectivity index (χ1) is 15.1. The third-order valence-electron chi connectivity index (χ3n) is 5.27. The number of aromatic nitrogens is 2. The Bertz CT molecular complexity index is 1130. The van der Waals surface area contributed by atoms with Gasteiger partial charge in [0.25, 0.3) is 5.91 Å². The van der Waals surface area contributed by atoms with Crippen molar-refractivity contribution in [3.8, 4) is 23.0 Å². The molecule has 1 saturated heterocycles. The predicted octanol–water partition coefficient (Wildman–Crippen LogP) is 5.04. The summed E-state index contributed by atoms with van der Waals surface area (Å²) in [5.41, 5.74) is 5.80. The minimum absolute atomic E-state index is 0.0329. The molecule has 31 heavy (non-hydrogen) atoms. The number of nitriles is 1. The highest BCUT2D eigenvalue weighted by molar-refractivity contribution is 6.32. The van der Waals surface area contributed by atoms with E-state index in [-0.39, 0.29) is 18.0 Å². The van der Waals surface area contributed by atoms with Gasteiger partial charge in [-0.1, -0.05) is 53.9 Å². The SMILES string of the molecule is N#CCc1c(C(=O)NN2CCCCC2)nn(-c2ccccc2Cl)c1-c1ccc(Cl)cc1. The van der Waals surface area contributed by atoms with Crippen molar-refractivity contribution in [3.63, 3.8) is 0 Å². The lowest BCUT2D eigenvalue weighted by Crippen LogP contribution is -2.45. The van der Waals surface area contributed by atoms with Crippen LogP contribution in [0.15, 0.2) is 48.5 Å². The minimum Gasteiger partial charge on any atom is -0.283 e. The van der Waals surface area contributed by atoms with Crippen LogP contribution in [0.25, 0.3) is 16.9 Å². The van der Waals surface area contributed by atoms with Crippen LogP contribution in [0.2, 0.25) is 10.0 Å². The summed E-state index contributed by atoms with van der Waals surface area (Å²) in [6, 6.07) is 16.7. The van der Waals surface area contributed by atoms with Crippen LogP contribution in [0.5, 0.6) is 0 Å². The number of rotatable bonds is 5. The van der Waals surface area contributed by atoms with Crippen molar-refractivity contribution >= 4 is 29.1 Å². The van der Waals surface area contributed by atoms with E-state index in [2.05, 4.69) is 16.6 Å². The van der Waals surface area contributed by atoms with Gasteiger partial charge in [-0.2, -0.15) is 10.4 Å². The van der Waals surface area contributed by atoms with E-state index in [0.717, 1.165) is 37.9 Å². The molecule has 0 bridgehead atoms. The Kier molecular flexibility index (Phi) is 6.57. The van der Waals surface area contributed by atoms with Gasteiger partial charge in [-0.25, -0.2) is 9.69 Å². The summed E-state index contributed by atoms with van der Waals surface area (Å²) in [6.07, 6.45) is 3.27. The van der Waals surface area contributed by atoms with Gasteiger partial charge in [-0.05, 0) is 37.1 Å². The van der Waals surface area contributed by atoms with Gasteiger partial charge in [0.1, 0.15) is 0 Å². The summed E-state index contributed by atoms with van der Waals surface area (Å²) in [7, 11) is 0. The van der Waals surface area contributed by atoms with Gasteiger partial charge in [-0.15, -0.1) is 0 Å². The predicted molar refractivity (Wildman–Crippen MR) is 121 cm³/mol. The molecule has 1 aromatic heterocycles. The third-order valence-corrected chi connectivity index (χ3v) is 5.84. The number of benzene rings is 2. The number of hydrogen-bond donors (Lipinski definition) is 1. The highest BCUT2D eigenvalue weighted by atomic mass is 35.5. The van der Waals surface area contributed by atoms with E-state index in [0.29, 0.717) is 27.0 Å². The number of para-hydroxylation sites is 1. The van der Waals surface area contributed by atoms with E-state index in [4.69, 9.17) is 23.2 Å². The van der Waals surface area contributed by atoms with E-state index in [1.54, 1.807) is 22.9 Å². The fourth-order valence-corrected chi connectivity index (χ4v) is 4.13. The molecule has 1 amide bonds. The van der Waals surface area contributed by atoms with Gasteiger partial charge < -0.3 is 0 Å². The molecule has 0 atom stereocenters. The van der Waals surface area contributed by atoms with Crippen LogP contribution in [0.1, 0.15) is 35.3 Å². The number of carbonyl (C=O) groups excluding carboxylic acids is 1. The van der Waals surface area contributed by atoms with Gasteiger partial charge in [0.05, 0.1) is 28.9 Å². The number of hydrazine groups is 1. The van der Waals surface area contributed by atoms with E-state index in [1.165, 1.54) is 0 Å². The van der Waals surface area contributed by atoms with E-state index >= 15 is 0 Å². The highest BCUT2D eigenvalue weighted by Gasteiger charge is 2.26. The Labute approximate surface area is 191 Å². The molecule has 1 N–H and O–H groups in total. The number of halogens is 2. The standard InChI is InChI=1S/C23H21Cl2N5O/c24-17-10-8-16(9-11-17)22-18(12-13-26)21(23(31)28-29-14-4-1-5-15-29)27-30(22)20-7-3-2-6-19(20)25/h2-3,6-11H,1,4-5,12,14-15H2,(H,28,31). The average Bonchev–Trinajstić information content (AvgIpc) is 3.15. The Morgan fingerprint density at radius 2 is 1.77 bits per heavy atom. The number of nitrogens with one attached hydrogen (secondary N) is 1. The molecule has 8 heteroatoms. The van der Waals surface area contributed by atoms with Crippen molar-refractivity contribution in [1.82, 2.24) is 20.2 Å². The van der Waals surface area contributed by atoms with Crippen LogP contribution in [0, 0.1) is 11.3 Å². The monoisotopic (exact) mass is 453 g/mol. The molecule has 1 fully saturated rings. The Morgan fingerprint density at radius 3 is 2.45 bits per heavy atom. The summed E-state index contributed by atoms with van der Waals surface area (Å²) < 4.78 is 1.64. The zero-order valence-corrected chi connectivity index (χ0v) is 18.3. The maximum atomic E-state index is 13.2. The smallest absolute Gasteiger partial charge is 0.283 e. The van der Waals surface area contributed by atoms with Gasteiger partial charge in [-0.3, -0.25) is 10.2 Å². The zero-order valence-electron chi connectivity index (χ0n) is 16.8. The molecule has 1 aliphatic heterocycles. The number of hydrogen-bond acceptors (Lipinski definition) is 4. The quantitative estimate of drug-likeness (QED) is 0.586. The van der Waals surface area contributed by atoms with E-state index in [9.17, 15) is 10.1 Å². The molecule has 2 aromatic carbocycles. The Hall–Kier alpha value is -2.85. The Balaban J connectivity index is 1.86. The first-order valence-corrected chi connectivity index (χ1v) is 10.9. The molecular weight excluding hydrogens is 433 g/mol. The summed E-state index contributed by atoms with van der Waals surface area (Å²) >= 11 is 12.5. The van der Waals surface area contributed by atoms with Crippen molar-refractivity contribution in [2.45, 2.75) is 25.7 Å². The lowest BCUT2D eigenvalue weighted by atomic mass is 10.0. The van der Waals surface area contributed by atoms with Crippen LogP contribution < -0.4 is 5.43 Å². The summed E-state index contributed by atoms with van der Waals surface area (Å²) in [6.45, 7) is 1.60. The molecule has 3 aromatic rings. The van der Waals surface area contributed by atoms with Crippen molar-refractivity contribution in [2.24, 2.45) is 0 Å². The molecular formula is C23H21Cl2N5O. The molecule has 4 rings (SSSR count). The maximum Gasteiger partial charge on any atom is 0.286 e. The van der Waals surface area contributed by atoms with Crippen LogP contribution in [-0.4, -0.2) is 33.8 Å². The van der Waals surface area contributed by atoms with Crippen molar-refractivity contribution < 1.29 is 4.79 Å². The van der Waals surface area contributed by atoms with Crippen molar-refractivity contribution in [1.29, 1.82) is 5.26 Å². The fraction of sp³-hybridized carbons (Fsp3) is 0.261. The largest absolute Gasteiger partial charge is 0.286 e. The number of amides is 1. The first-order valence-electron chi connectivity index (χ1n) is 10.1. The number of piperidine rings is 1. The molecule has 2 heterocycles. The van der Waals surface area contributed by atoms with Crippen molar-refractivity contribution in [3.05, 3.63) is 69.8 Å². The first kappa shape index (κ1) is 21.4. The second-order valence-electron chi connectivity index (χ2n) is 7.37. The minimum atomic E-state index is -0.326. The van der Waals surface area contributed by atoms with Crippen LogP contribution in [-0.2, 0) is 6.42 Å². The number of nitrogens with zero attached hydrogens (tertiary/aromatic N) is 4. The van der Waals surface area contributed by atoms with Gasteiger partial charge >= 0.3 is 0 Å². The Morgan fingerprint density at radius 1 is 1.06 bits per heavy atom. The topological polar surface area (TPSA) is 74.0 Å². The van der Waals surface area contributed by atoms with E-state index in [1.807, 2.05) is 35.3 Å². The van der Waals surface area contributed by atoms with Crippen LogP contribution in [0.3, 0.4) is 0 Å². The second kappa shape index (κ2) is 9.52. The molecule has 6 nitrogen and oxygen atoms in total. The summed E-state index contributed by atoms with van der Waals surface area (Å²) in [5.74, 6) is -0.326. The van der Waals surface area contributed by atoms with Crippen molar-refractivity contribution in [2.75, 3.05) is 13.1 Å². The zero-order chi connectivity index (χ0) is 21.8. The number of carbonyl (C=O) groups is 1. The maximum absolute atomic E-state index is 13.2. The second-order valence-corrected chi connectivity index (χ2v) is 8.21. The van der Waals surface area contributed by atoms with Gasteiger partial charge in [0.15, 0.2) is 5.69 Å². The molecule has 0 aliphatic carbocycles. The lowest BCUT2D eigenvalue weighted by molar-refractivity contribution is 0.0743. The molecule has 0 spiro atoms. The van der Waals surface area contributed by atoms with Gasteiger partial charge in [0, 0.05) is 29.2 Å². The molecule has 0 radical (unpaired) electrons. The van der Waals surface area contributed by atoms with E-state index < -0.39 is 0 Å².